The number of anilines is 1. The van der Waals surface area contributed by atoms with Crippen LogP contribution in [0.5, 0.6) is 11.5 Å². The molecule has 1 heterocycles. The zero-order valence-corrected chi connectivity index (χ0v) is 19.1. The number of benzene rings is 1. The molecule has 0 aromatic heterocycles. The molecule has 154 valence electrons. The summed E-state index contributed by atoms with van der Waals surface area (Å²) < 4.78 is 16.0. The molecule has 27 heavy (non-hydrogen) atoms. The minimum Gasteiger partial charge on any atom is -0.493 e. The molecule has 0 bridgehead atoms. The number of rotatable bonds is 8. The second-order valence-electron chi connectivity index (χ2n) is 6.85. The first kappa shape index (κ1) is 23.8. The first-order chi connectivity index (χ1) is 12.5. The minimum atomic E-state index is 0. The maximum atomic E-state index is 6.10. The van der Waals surface area contributed by atoms with E-state index in [1.165, 1.54) is 0 Å². The Bertz CT molecular complexity index is 592. The standard InChI is InChI=1S/C19H32N4O3.HI/c1-14(2)11-16(23-7-9-26-10-8-23)13-21-19(20)22-15-5-6-17(24-3)18(12-15)25-4;/h5-6,12,14,16H,7-11,13H2,1-4H3,(H3,20,21,22);1H. The summed E-state index contributed by atoms with van der Waals surface area (Å²) in [5.41, 5.74) is 6.92. The molecule has 0 radical (unpaired) electrons. The van der Waals surface area contributed by atoms with Gasteiger partial charge in [0.2, 0.25) is 0 Å². The Hall–Kier alpha value is -1.26. The van der Waals surface area contributed by atoms with Crippen LogP contribution in [0.3, 0.4) is 0 Å². The number of nitrogens with one attached hydrogen (secondary N) is 1. The monoisotopic (exact) mass is 492 g/mol. The van der Waals surface area contributed by atoms with Gasteiger partial charge in [-0.25, -0.2) is 0 Å². The molecule has 1 aromatic carbocycles. The summed E-state index contributed by atoms with van der Waals surface area (Å²) in [6, 6.07) is 5.94. The summed E-state index contributed by atoms with van der Waals surface area (Å²) in [6.07, 6.45) is 1.09. The lowest BCUT2D eigenvalue weighted by Crippen LogP contribution is -2.45. The molecule has 1 aliphatic heterocycles. The highest BCUT2D eigenvalue weighted by Gasteiger charge is 2.21. The van der Waals surface area contributed by atoms with Crippen molar-refractivity contribution in [3.05, 3.63) is 18.2 Å². The maximum absolute atomic E-state index is 6.10. The van der Waals surface area contributed by atoms with Crippen LogP contribution in [-0.4, -0.2) is 64.0 Å². The lowest BCUT2D eigenvalue weighted by molar-refractivity contribution is 0.0143. The van der Waals surface area contributed by atoms with Crippen molar-refractivity contribution >= 4 is 35.6 Å². The highest BCUT2D eigenvalue weighted by atomic mass is 127. The number of guanidine groups is 1. The van der Waals surface area contributed by atoms with Crippen LogP contribution in [0.4, 0.5) is 5.69 Å². The first-order valence-electron chi connectivity index (χ1n) is 9.14. The molecule has 0 saturated carbocycles. The van der Waals surface area contributed by atoms with Gasteiger partial charge < -0.3 is 25.3 Å². The van der Waals surface area contributed by atoms with Crippen molar-refractivity contribution in [1.82, 2.24) is 4.90 Å². The molecule has 0 amide bonds. The average Bonchev–Trinajstić information content (AvgIpc) is 2.65. The van der Waals surface area contributed by atoms with Crippen LogP contribution >= 0.6 is 24.0 Å². The summed E-state index contributed by atoms with van der Waals surface area (Å²) >= 11 is 0. The smallest absolute Gasteiger partial charge is 0.193 e. The van der Waals surface area contributed by atoms with E-state index < -0.39 is 0 Å². The third-order valence-corrected chi connectivity index (χ3v) is 4.43. The Balaban J connectivity index is 0.00000364. The number of hydrogen-bond acceptors (Lipinski definition) is 5. The summed E-state index contributed by atoms with van der Waals surface area (Å²) in [4.78, 5) is 7.03. The number of halogens is 1. The summed E-state index contributed by atoms with van der Waals surface area (Å²) in [5, 5.41) is 3.13. The molecule has 3 N–H and O–H groups in total. The van der Waals surface area contributed by atoms with Gasteiger partial charge in [-0.2, -0.15) is 0 Å². The highest BCUT2D eigenvalue weighted by Crippen LogP contribution is 2.29. The van der Waals surface area contributed by atoms with Crippen molar-refractivity contribution in [2.45, 2.75) is 26.3 Å². The van der Waals surface area contributed by atoms with Crippen molar-refractivity contribution in [3.63, 3.8) is 0 Å². The lowest BCUT2D eigenvalue weighted by atomic mass is 10.0. The van der Waals surface area contributed by atoms with Crippen molar-refractivity contribution < 1.29 is 14.2 Å². The summed E-state index contributed by atoms with van der Waals surface area (Å²) in [7, 11) is 3.22. The van der Waals surface area contributed by atoms with Gasteiger partial charge in [0.25, 0.3) is 0 Å². The second-order valence-corrected chi connectivity index (χ2v) is 6.85. The largest absolute Gasteiger partial charge is 0.493 e. The number of aliphatic imine (C=N–C) groups is 1. The molecule has 0 spiro atoms. The Kier molecular flexibility index (Phi) is 10.8. The highest BCUT2D eigenvalue weighted by molar-refractivity contribution is 14.0. The molecule has 8 heteroatoms. The Morgan fingerprint density at radius 3 is 2.48 bits per heavy atom. The molecule has 1 saturated heterocycles. The van der Waals surface area contributed by atoms with Gasteiger partial charge in [-0.3, -0.25) is 9.89 Å². The van der Waals surface area contributed by atoms with Crippen LogP contribution in [0.2, 0.25) is 0 Å². The number of morpholine rings is 1. The van der Waals surface area contributed by atoms with Crippen LogP contribution in [-0.2, 0) is 4.74 Å². The third-order valence-electron chi connectivity index (χ3n) is 4.43. The van der Waals surface area contributed by atoms with E-state index in [4.69, 9.17) is 19.9 Å². The molecule has 1 atom stereocenters. The third kappa shape index (κ3) is 7.71. The number of hydrogen-bond donors (Lipinski definition) is 2. The summed E-state index contributed by atoms with van der Waals surface area (Å²) in [6.45, 7) is 8.64. The Labute approximate surface area is 179 Å². The molecule has 1 fully saturated rings. The second kappa shape index (κ2) is 12.2. The van der Waals surface area contributed by atoms with E-state index in [2.05, 4.69) is 29.1 Å². The van der Waals surface area contributed by atoms with Crippen molar-refractivity contribution in [1.29, 1.82) is 0 Å². The maximum Gasteiger partial charge on any atom is 0.193 e. The molecule has 1 aliphatic rings. The van der Waals surface area contributed by atoms with E-state index in [1.54, 1.807) is 14.2 Å². The zero-order chi connectivity index (χ0) is 18.9. The van der Waals surface area contributed by atoms with Crippen LogP contribution in [0.25, 0.3) is 0 Å². The van der Waals surface area contributed by atoms with Crippen molar-refractivity contribution in [2.24, 2.45) is 16.6 Å². The summed E-state index contributed by atoms with van der Waals surface area (Å²) in [5.74, 6) is 2.34. The van der Waals surface area contributed by atoms with Crippen LogP contribution in [0.1, 0.15) is 20.3 Å². The van der Waals surface area contributed by atoms with Gasteiger partial charge in [0.05, 0.1) is 34.0 Å². The van der Waals surface area contributed by atoms with E-state index in [0.717, 1.165) is 38.4 Å². The predicted molar refractivity (Wildman–Crippen MR) is 121 cm³/mol. The van der Waals surface area contributed by atoms with Crippen LogP contribution in [0.15, 0.2) is 23.2 Å². The van der Waals surface area contributed by atoms with Crippen LogP contribution < -0.4 is 20.5 Å². The van der Waals surface area contributed by atoms with Crippen molar-refractivity contribution in [2.75, 3.05) is 52.4 Å². The van der Waals surface area contributed by atoms with Gasteiger partial charge in [0.1, 0.15) is 0 Å². The van der Waals surface area contributed by atoms with Gasteiger partial charge in [0, 0.05) is 30.9 Å². The lowest BCUT2D eigenvalue weighted by Gasteiger charge is -2.34. The molecular formula is C19H33IN4O3. The van der Waals surface area contributed by atoms with Crippen molar-refractivity contribution in [3.8, 4) is 11.5 Å². The van der Waals surface area contributed by atoms with E-state index in [-0.39, 0.29) is 24.0 Å². The first-order valence-corrected chi connectivity index (χ1v) is 9.14. The quantitative estimate of drug-likeness (QED) is 0.330. The fraction of sp³-hybridized carbons (Fsp3) is 0.632. The minimum absolute atomic E-state index is 0. The molecular weight excluding hydrogens is 459 g/mol. The fourth-order valence-corrected chi connectivity index (χ4v) is 3.13. The van der Waals surface area contributed by atoms with Gasteiger partial charge in [-0.05, 0) is 24.5 Å². The molecule has 0 aliphatic carbocycles. The average molecular weight is 492 g/mol. The van der Waals surface area contributed by atoms with Gasteiger partial charge >= 0.3 is 0 Å². The molecule has 2 rings (SSSR count). The zero-order valence-electron chi connectivity index (χ0n) is 16.7. The SMILES string of the molecule is COc1ccc(NC(N)=NCC(CC(C)C)N2CCOCC2)cc1OC.I. The molecule has 1 aromatic rings. The number of nitrogens with two attached hydrogens (primary N) is 1. The van der Waals surface area contributed by atoms with E-state index in [0.29, 0.717) is 36.0 Å². The van der Waals surface area contributed by atoms with E-state index >= 15 is 0 Å². The topological polar surface area (TPSA) is 81.3 Å². The number of ether oxygens (including phenoxy) is 3. The van der Waals surface area contributed by atoms with E-state index in [9.17, 15) is 0 Å². The number of nitrogens with zero attached hydrogens (tertiary/aromatic N) is 2. The van der Waals surface area contributed by atoms with Crippen LogP contribution in [0, 0.1) is 5.92 Å². The van der Waals surface area contributed by atoms with Gasteiger partial charge in [-0.15, -0.1) is 24.0 Å². The van der Waals surface area contributed by atoms with Gasteiger partial charge in [0.15, 0.2) is 17.5 Å². The Morgan fingerprint density at radius 1 is 1.22 bits per heavy atom. The number of methoxy groups -OCH3 is 2. The predicted octanol–water partition coefficient (Wildman–Crippen LogP) is 2.80. The molecule has 7 nitrogen and oxygen atoms in total. The van der Waals surface area contributed by atoms with Gasteiger partial charge in [-0.1, -0.05) is 13.8 Å². The van der Waals surface area contributed by atoms with E-state index in [1.807, 2.05) is 18.2 Å². The Morgan fingerprint density at radius 2 is 1.89 bits per heavy atom. The fourth-order valence-electron chi connectivity index (χ4n) is 3.13. The molecule has 1 unspecified atom stereocenters. The normalized spacial score (nSPS) is 16.6.